The third kappa shape index (κ3) is 5.47. The normalized spacial score (nSPS) is 14.0. The number of rotatable bonds is 5. The summed E-state index contributed by atoms with van der Waals surface area (Å²) < 4.78 is 44.5. The molecule has 4 heterocycles. The Hall–Kier alpha value is -4.80. The Kier molecular flexibility index (Phi) is 6.86. The van der Waals surface area contributed by atoms with Gasteiger partial charge in [-0.15, -0.1) is 0 Å². The molecule has 1 aliphatic rings. The van der Waals surface area contributed by atoms with Crippen LogP contribution in [0.5, 0.6) is 0 Å². The quantitative estimate of drug-likeness (QED) is 0.279. The van der Waals surface area contributed by atoms with Gasteiger partial charge in [0.25, 0.3) is 11.6 Å². The molecule has 1 aliphatic heterocycles. The van der Waals surface area contributed by atoms with E-state index in [-0.39, 0.29) is 11.5 Å². The van der Waals surface area contributed by atoms with Crippen LogP contribution in [-0.2, 0) is 12.6 Å². The second-order valence-electron chi connectivity index (χ2n) is 9.93. The van der Waals surface area contributed by atoms with Crippen molar-refractivity contribution < 1.29 is 22.5 Å². The van der Waals surface area contributed by atoms with Crippen LogP contribution in [0.3, 0.4) is 0 Å². The van der Waals surface area contributed by atoms with Crippen LogP contribution in [0, 0.1) is 6.92 Å². The number of amides is 1. The Labute approximate surface area is 233 Å². The highest BCUT2D eigenvalue weighted by atomic mass is 19.4. The Morgan fingerprint density at radius 2 is 1.68 bits per heavy atom. The molecule has 0 spiro atoms. The highest BCUT2D eigenvalue weighted by Crippen LogP contribution is 2.34. The van der Waals surface area contributed by atoms with E-state index in [0.29, 0.717) is 61.0 Å². The van der Waals surface area contributed by atoms with Gasteiger partial charge in [-0.05, 0) is 48.9 Å². The van der Waals surface area contributed by atoms with Gasteiger partial charge in [0, 0.05) is 56.1 Å². The molecule has 0 saturated carbocycles. The van der Waals surface area contributed by atoms with Crippen molar-refractivity contribution in [3.8, 4) is 11.3 Å². The molecule has 0 atom stereocenters. The van der Waals surface area contributed by atoms with Gasteiger partial charge in [0.05, 0.1) is 5.56 Å². The van der Waals surface area contributed by atoms with Crippen molar-refractivity contribution in [2.45, 2.75) is 19.5 Å². The number of fused-ring (bicyclic) bond motifs is 1. The number of pyridine rings is 1. The van der Waals surface area contributed by atoms with Crippen molar-refractivity contribution in [2.24, 2.45) is 0 Å². The molecule has 11 heteroatoms. The number of hydrogen-bond donors (Lipinski definition) is 0. The topological polar surface area (TPSA) is 88.3 Å². The van der Waals surface area contributed by atoms with Crippen LogP contribution in [0.1, 0.15) is 32.9 Å². The molecule has 1 amide bonds. The van der Waals surface area contributed by atoms with Crippen LogP contribution in [0.4, 0.5) is 19.0 Å². The predicted molar refractivity (Wildman–Crippen MR) is 146 cm³/mol. The smallest absolute Gasteiger partial charge is 0.352 e. The van der Waals surface area contributed by atoms with E-state index in [1.54, 1.807) is 17.3 Å². The summed E-state index contributed by atoms with van der Waals surface area (Å²) in [4.78, 5) is 30.6. The van der Waals surface area contributed by atoms with Gasteiger partial charge in [-0.2, -0.15) is 18.2 Å². The number of aromatic nitrogens is 4. The molecule has 0 unspecified atom stereocenters. The van der Waals surface area contributed by atoms with Crippen LogP contribution in [0.2, 0.25) is 0 Å². The summed E-state index contributed by atoms with van der Waals surface area (Å²) in [7, 11) is 0. The van der Waals surface area contributed by atoms with E-state index in [1.165, 1.54) is 12.1 Å². The lowest BCUT2D eigenvalue weighted by molar-refractivity contribution is -0.137. The number of anilines is 1. The minimum atomic E-state index is -4.45. The maximum absolute atomic E-state index is 13.1. The van der Waals surface area contributed by atoms with E-state index in [1.807, 2.05) is 43.3 Å². The first-order valence-electron chi connectivity index (χ1n) is 13.1. The van der Waals surface area contributed by atoms with Crippen LogP contribution in [-0.4, -0.2) is 57.1 Å². The number of aryl methyl sites for hydroxylation is 1. The first-order valence-corrected chi connectivity index (χ1v) is 13.1. The second-order valence-corrected chi connectivity index (χ2v) is 9.93. The molecular formula is C30H25F3N6O2. The summed E-state index contributed by atoms with van der Waals surface area (Å²) in [6, 6.07) is 16.2. The Morgan fingerprint density at radius 3 is 2.34 bits per heavy atom. The van der Waals surface area contributed by atoms with Crippen molar-refractivity contribution in [3.05, 3.63) is 101 Å². The van der Waals surface area contributed by atoms with Gasteiger partial charge in [-0.25, -0.2) is 4.98 Å². The summed E-state index contributed by atoms with van der Waals surface area (Å²) in [5, 5.41) is 4.96. The van der Waals surface area contributed by atoms with Gasteiger partial charge in [-0.1, -0.05) is 35.0 Å². The molecule has 1 fully saturated rings. The van der Waals surface area contributed by atoms with E-state index < -0.39 is 11.7 Å². The van der Waals surface area contributed by atoms with Gasteiger partial charge < -0.3 is 14.3 Å². The van der Waals surface area contributed by atoms with Gasteiger partial charge >= 0.3 is 6.18 Å². The molecule has 0 radical (unpaired) electrons. The lowest BCUT2D eigenvalue weighted by atomic mass is 10.1. The predicted octanol–water partition coefficient (Wildman–Crippen LogP) is 5.56. The molecule has 8 nitrogen and oxygen atoms in total. The third-order valence-corrected chi connectivity index (χ3v) is 7.11. The van der Waals surface area contributed by atoms with Crippen molar-refractivity contribution in [1.29, 1.82) is 0 Å². The van der Waals surface area contributed by atoms with Crippen LogP contribution in [0.15, 0.2) is 77.6 Å². The van der Waals surface area contributed by atoms with Crippen molar-refractivity contribution in [3.63, 3.8) is 0 Å². The van der Waals surface area contributed by atoms with Crippen molar-refractivity contribution >= 4 is 22.8 Å². The molecule has 0 bridgehead atoms. The van der Waals surface area contributed by atoms with Crippen LogP contribution >= 0.6 is 0 Å². The van der Waals surface area contributed by atoms with Gasteiger partial charge in [0.15, 0.2) is 0 Å². The molecule has 208 valence electrons. The first-order chi connectivity index (χ1) is 19.8. The van der Waals surface area contributed by atoms with Crippen LogP contribution in [0.25, 0.3) is 22.4 Å². The van der Waals surface area contributed by atoms with Crippen molar-refractivity contribution in [1.82, 2.24) is 25.0 Å². The van der Waals surface area contributed by atoms with E-state index in [4.69, 9.17) is 9.51 Å². The molecule has 3 aromatic heterocycles. The molecular weight excluding hydrogens is 533 g/mol. The Morgan fingerprint density at radius 1 is 0.951 bits per heavy atom. The Balaban J connectivity index is 1.28. The Bertz CT molecular complexity index is 1680. The zero-order chi connectivity index (χ0) is 28.6. The van der Waals surface area contributed by atoms with Gasteiger partial charge in [-0.3, -0.25) is 9.78 Å². The van der Waals surface area contributed by atoms with Gasteiger partial charge in [0.2, 0.25) is 0 Å². The number of nitrogens with zero attached hydrogens (tertiary/aromatic N) is 6. The number of carbonyl (C=O) groups excluding carboxylic acids is 1. The average Bonchev–Trinajstić information content (AvgIpc) is 3.42. The SMILES string of the molecule is Cc1ccc(Cc2nc(N3CCN(C(=O)c4ccc(C(F)(F)F)cc4)CC3)c3c(-c4cccnc4)noc3n2)cc1. The summed E-state index contributed by atoms with van der Waals surface area (Å²) in [6.07, 6.45) is -0.582. The summed E-state index contributed by atoms with van der Waals surface area (Å²) >= 11 is 0. The lowest BCUT2D eigenvalue weighted by Crippen LogP contribution is -2.49. The maximum Gasteiger partial charge on any atom is 0.416 e. The summed E-state index contributed by atoms with van der Waals surface area (Å²) in [6.45, 7) is 3.68. The highest BCUT2D eigenvalue weighted by Gasteiger charge is 2.31. The van der Waals surface area contributed by atoms with Crippen LogP contribution < -0.4 is 4.90 Å². The molecule has 5 aromatic rings. The number of alkyl halides is 3. The monoisotopic (exact) mass is 558 g/mol. The maximum atomic E-state index is 13.1. The number of carbonyl (C=O) groups is 1. The molecule has 0 N–H and O–H groups in total. The molecule has 0 aliphatic carbocycles. The zero-order valence-corrected chi connectivity index (χ0v) is 22.1. The number of hydrogen-bond acceptors (Lipinski definition) is 7. The zero-order valence-electron chi connectivity index (χ0n) is 22.1. The summed E-state index contributed by atoms with van der Waals surface area (Å²) in [5.41, 5.74) is 3.34. The minimum absolute atomic E-state index is 0.217. The first kappa shape index (κ1) is 26.4. The molecule has 1 saturated heterocycles. The number of halogens is 3. The van der Waals surface area contributed by atoms with E-state index >= 15 is 0 Å². The number of piperazine rings is 1. The largest absolute Gasteiger partial charge is 0.416 e. The van der Waals surface area contributed by atoms with Gasteiger partial charge in [0.1, 0.15) is 22.7 Å². The molecule has 41 heavy (non-hydrogen) atoms. The fourth-order valence-corrected chi connectivity index (χ4v) is 4.88. The molecule has 6 rings (SSSR count). The van der Waals surface area contributed by atoms with Crippen molar-refractivity contribution in [2.75, 3.05) is 31.1 Å². The number of benzene rings is 2. The molecule has 2 aromatic carbocycles. The van der Waals surface area contributed by atoms with E-state index in [9.17, 15) is 18.0 Å². The second kappa shape index (κ2) is 10.6. The fourth-order valence-electron chi connectivity index (χ4n) is 4.88. The van der Waals surface area contributed by atoms with E-state index in [0.717, 1.165) is 28.8 Å². The lowest BCUT2D eigenvalue weighted by Gasteiger charge is -2.35. The fraction of sp³-hybridized carbons (Fsp3) is 0.233. The minimum Gasteiger partial charge on any atom is -0.352 e. The average molecular weight is 559 g/mol. The standard InChI is InChI=1S/C30H25F3N6O2/c1-19-4-6-20(7-5-19)17-24-35-27(25-26(37-41-28(25)36-24)22-3-2-12-34-18-22)38-13-15-39(16-14-38)29(40)21-8-10-23(11-9-21)30(31,32)33/h2-12,18H,13-17H2,1H3. The van der Waals surface area contributed by atoms with E-state index in [2.05, 4.69) is 20.0 Å². The third-order valence-electron chi connectivity index (χ3n) is 7.11. The highest BCUT2D eigenvalue weighted by molar-refractivity contribution is 5.98. The summed E-state index contributed by atoms with van der Waals surface area (Å²) in [5.74, 6) is 0.916.